The average Bonchev–Trinajstić information content (AvgIpc) is 2.55. The molecule has 1 N–H and O–H groups in total. The smallest absolute Gasteiger partial charge is 0.123 e. The molecule has 0 saturated carbocycles. The van der Waals surface area contributed by atoms with Gasteiger partial charge in [-0.05, 0) is 33.5 Å². The molecule has 0 fully saturated rings. The first-order valence-corrected chi connectivity index (χ1v) is 10.1. The second-order valence-electron chi connectivity index (χ2n) is 6.79. The van der Waals surface area contributed by atoms with Crippen molar-refractivity contribution in [3.8, 4) is 16.9 Å². The quantitative estimate of drug-likeness (QED) is 0.568. The zero-order valence-electron chi connectivity index (χ0n) is 14.8. The Morgan fingerprint density at radius 3 is 2.04 bits per heavy atom. The van der Waals surface area contributed by atoms with Crippen LogP contribution in [0.3, 0.4) is 0 Å². The lowest BCUT2D eigenvalue weighted by Gasteiger charge is -2.29. The van der Waals surface area contributed by atoms with E-state index in [2.05, 4.69) is 64.1 Å². The molecule has 0 atom stereocenters. The van der Waals surface area contributed by atoms with Gasteiger partial charge in [-0.15, -0.1) is 0 Å². The molecule has 3 aromatic rings. The van der Waals surface area contributed by atoms with E-state index in [0.717, 1.165) is 5.56 Å². The van der Waals surface area contributed by atoms with Gasteiger partial charge >= 0.3 is 0 Å². The van der Waals surface area contributed by atoms with Crippen molar-refractivity contribution in [2.24, 2.45) is 0 Å². The van der Waals surface area contributed by atoms with Crippen LogP contribution in [0.5, 0.6) is 5.75 Å². The summed E-state index contributed by atoms with van der Waals surface area (Å²) in [6.07, 6.45) is 0. The molecule has 0 radical (unpaired) electrons. The Morgan fingerprint density at radius 1 is 0.750 bits per heavy atom. The summed E-state index contributed by atoms with van der Waals surface area (Å²) in [6.45, 7) is 9.26. The fraction of sp³-hybridized carbons (Fsp3) is 0.273. The Morgan fingerprint density at radius 2 is 1.38 bits per heavy atom. The maximum Gasteiger partial charge on any atom is 0.123 e. The van der Waals surface area contributed by atoms with Gasteiger partial charge < -0.3 is 5.11 Å². The highest BCUT2D eigenvalue weighted by Crippen LogP contribution is 2.49. The number of phenolic OH excluding ortho intramolecular Hbond substituents is 1. The molecule has 3 rings (SSSR count). The maximum atomic E-state index is 10.5. The largest absolute Gasteiger partial charge is 0.507 e. The second kappa shape index (κ2) is 6.95. The van der Waals surface area contributed by atoms with Crippen LogP contribution in [0.4, 0.5) is 0 Å². The van der Waals surface area contributed by atoms with Crippen LogP contribution < -0.4 is 5.30 Å². The number of para-hydroxylation sites is 1. The van der Waals surface area contributed by atoms with E-state index in [1.807, 2.05) is 18.2 Å². The zero-order chi connectivity index (χ0) is 17.3. The first-order chi connectivity index (χ1) is 11.5. The molecular weight excluding hydrogens is 311 g/mol. The van der Waals surface area contributed by atoms with Gasteiger partial charge in [0.1, 0.15) is 5.75 Å². The van der Waals surface area contributed by atoms with Gasteiger partial charge in [0.25, 0.3) is 0 Å². The standard InChI is InChI=1S/C22H25OP/c1-15(2)24(16(3)4)21-14-13-17-9-5-6-10-18(17)22(21)19-11-7-8-12-20(19)23/h5-16,23H,1-4H3. The Labute approximate surface area is 146 Å². The van der Waals surface area contributed by atoms with Crippen LogP contribution in [-0.2, 0) is 0 Å². The van der Waals surface area contributed by atoms with E-state index < -0.39 is 0 Å². The van der Waals surface area contributed by atoms with Crippen LogP contribution in [0, 0.1) is 0 Å². The normalized spacial score (nSPS) is 11.8. The molecule has 3 aromatic carbocycles. The van der Waals surface area contributed by atoms with Gasteiger partial charge in [-0.1, -0.05) is 90.2 Å². The summed E-state index contributed by atoms with van der Waals surface area (Å²) in [5.41, 5.74) is 3.36. The van der Waals surface area contributed by atoms with Crippen LogP contribution in [0.15, 0.2) is 60.7 Å². The molecule has 0 aliphatic rings. The topological polar surface area (TPSA) is 20.2 Å². The zero-order valence-corrected chi connectivity index (χ0v) is 15.7. The second-order valence-corrected chi connectivity index (χ2v) is 10.2. The van der Waals surface area contributed by atoms with Crippen molar-refractivity contribution < 1.29 is 5.11 Å². The molecular formula is C22H25OP. The van der Waals surface area contributed by atoms with Crippen molar-refractivity contribution in [1.29, 1.82) is 0 Å². The van der Waals surface area contributed by atoms with Crippen molar-refractivity contribution >= 4 is 24.0 Å². The maximum absolute atomic E-state index is 10.5. The summed E-state index contributed by atoms with van der Waals surface area (Å²) in [6, 6.07) is 20.7. The summed E-state index contributed by atoms with van der Waals surface area (Å²) in [4.78, 5) is 0. The van der Waals surface area contributed by atoms with Crippen LogP contribution in [0.1, 0.15) is 27.7 Å². The van der Waals surface area contributed by atoms with Crippen LogP contribution in [-0.4, -0.2) is 16.4 Å². The number of aromatic hydroxyl groups is 1. The number of benzene rings is 3. The van der Waals surface area contributed by atoms with Gasteiger partial charge in [0, 0.05) is 11.1 Å². The molecule has 0 unspecified atom stereocenters. The lowest BCUT2D eigenvalue weighted by molar-refractivity contribution is 0.477. The SMILES string of the molecule is CC(C)P(c1ccc2ccccc2c1-c1ccccc1O)C(C)C. The van der Waals surface area contributed by atoms with Gasteiger partial charge in [0.05, 0.1) is 0 Å². The van der Waals surface area contributed by atoms with E-state index in [4.69, 9.17) is 0 Å². The molecule has 0 amide bonds. The third kappa shape index (κ3) is 3.06. The van der Waals surface area contributed by atoms with Crippen LogP contribution >= 0.6 is 7.92 Å². The monoisotopic (exact) mass is 336 g/mol. The minimum Gasteiger partial charge on any atom is -0.507 e. The van der Waals surface area contributed by atoms with Crippen molar-refractivity contribution in [3.05, 3.63) is 60.7 Å². The number of fused-ring (bicyclic) bond motifs is 1. The minimum absolute atomic E-state index is 0.315. The fourth-order valence-corrected chi connectivity index (χ4v) is 6.65. The Balaban J connectivity index is 2.38. The van der Waals surface area contributed by atoms with E-state index in [1.54, 1.807) is 6.07 Å². The molecule has 0 spiro atoms. The van der Waals surface area contributed by atoms with Crippen LogP contribution in [0.25, 0.3) is 21.9 Å². The van der Waals surface area contributed by atoms with Gasteiger partial charge in [0.15, 0.2) is 0 Å². The highest BCUT2D eigenvalue weighted by atomic mass is 31.1. The van der Waals surface area contributed by atoms with Crippen molar-refractivity contribution in [2.45, 2.75) is 39.0 Å². The van der Waals surface area contributed by atoms with Gasteiger partial charge in [-0.3, -0.25) is 0 Å². The molecule has 0 aliphatic heterocycles. The summed E-state index contributed by atoms with van der Waals surface area (Å²) >= 11 is 0. The van der Waals surface area contributed by atoms with Crippen molar-refractivity contribution in [3.63, 3.8) is 0 Å². The van der Waals surface area contributed by atoms with Gasteiger partial charge in [0.2, 0.25) is 0 Å². The van der Waals surface area contributed by atoms with Crippen LogP contribution in [0.2, 0.25) is 0 Å². The summed E-state index contributed by atoms with van der Waals surface area (Å²) in [7, 11) is -0.315. The molecule has 24 heavy (non-hydrogen) atoms. The highest BCUT2D eigenvalue weighted by Gasteiger charge is 2.24. The number of hydrogen-bond donors (Lipinski definition) is 1. The predicted molar refractivity (Wildman–Crippen MR) is 108 cm³/mol. The van der Waals surface area contributed by atoms with E-state index in [-0.39, 0.29) is 7.92 Å². The van der Waals surface area contributed by atoms with Gasteiger partial charge in [-0.25, -0.2) is 0 Å². The first kappa shape index (κ1) is 17.0. The highest BCUT2D eigenvalue weighted by molar-refractivity contribution is 7.67. The first-order valence-electron chi connectivity index (χ1n) is 8.59. The van der Waals surface area contributed by atoms with Gasteiger partial charge in [-0.2, -0.15) is 0 Å². The molecule has 0 bridgehead atoms. The molecule has 124 valence electrons. The Bertz CT molecular complexity index is 843. The van der Waals surface area contributed by atoms with E-state index in [9.17, 15) is 5.11 Å². The molecule has 0 heterocycles. The van der Waals surface area contributed by atoms with Crippen molar-refractivity contribution in [2.75, 3.05) is 0 Å². The van der Waals surface area contributed by atoms with E-state index in [1.165, 1.54) is 21.6 Å². The molecule has 0 aromatic heterocycles. The third-order valence-corrected chi connectivity index (χ3v) is 7.63. The Kier molecular flexibility index (Phi) is 4.92. The number of hydrogen-bond acceptors (Lipinski definition) is 1. The molecule has 0 aliphatic carbocycles. The minimum atomic E-state index is -0.315. The average molecular weight is 336 g/mol. The molecule has 0 saturated heterocycles. The Hall–Kier alpha value is -1.85. The fourth-order valence-electron chi connectivity index (χ4n) is 3.60. The van der Waals surface area contributed by atoms with Crippen molar-refractivity contribution in [1.82, 2.24) is 0 Å². The third-order valence-electron chi connectivity index (χ3n) is 4.47. The number of phenols is 1. The lowest BCUT2D eigenvalue weighted by Crippen LogP contribution is -2.17. The summed E-state index contributed by atoms with van der Waals surface area (Å²) in [5, 5.41) is 14.4. The van der Waals surface area contributed by atoms with E-state index >= 15 is 0 Å². The predicted octanol–water partition coefficient (Wildman–Crippen LogP) is 6.14. The number of rotatable bonds is 4. The summed E-state index contributed by atoms with van der Waals surface area (Å²) < 4.78 is 0. The lowest BCUT2D eigenvalue weighted by atomic mass is 9.97. The van der Waals surface area contributed by atoms with E-state index in [0.29, 0.717) is 17.1 Å². The summed E-state index contributed by atoms with van der Waals surface area (Å²) in [5.74, 6) is 0.359. The molecule has 2 heteroatoms. The molecule has 1 nitrogen and oxygen atoms in total.